The molecular formula is C50H28F4N6O2. The van der Waals surface area contributed by atoms with Crippen molar-refractivity contribution in [1.29, 1.82) is 0 Å². The summed E-state index contributed by atoms with van der Waals surface area (Å²) in [6, 6.07) is 39.7. The van der Waals surface area contributed by atoms with Gasteiger partial charge in [0, 0.05) is 57.2 Å². The summed E-state index contributed by atoms with van der Waals surface area (Å²) < 4.78 is 76.2. The first-order valence-electron chi connectivity index (χ1n) is 19.4. The molecule has 298 valence electrons. The summed E-state index contributed by atoms with van der Waals surface area (Å²) in [5.41, 5.74) is 4.98. The molecule has 11 rings (SSSR count). The molecule has 0 aliphatic rings. The van der Waals surface area contributed by atoms with E-state index in [4.69, 9.17) is 9.47 Å². The first kappa shape index (κ1) is 36.7. The lowest BCUT2D eigenvalue weighted by Crippen LogP contribution is -1.97. The van der Waals surface area contributed by atoms with E-state index in [0.717, 1.165) is 0 Å². The van der Waals surface area contributed by atoms with E-state index in [-0.39, 0.29) is 11.5 Å². The van der Waals surface area contributed by atoms with Crippen LogP contribution in [0.5, 0.6) is 23.0 Å². The zero-order chi connectivity index (χ0) is 41.9. The molecule has 0 saturated heterocycles. The van der Waals surface area contributed by atoms with Crippen LogP contribution in [0.3, 0.4) is 0 Å². The van der Waals surface area contributed by atoms with E-state index in [0.29, 0.717) is 89.3 Å². The second-order valence-corrected chi connectivity index (χ2v) is 14.5. The Labute approximate surface area is 349 Å². The van der Waals surface area contributed by atoms with Gasteiger partial charge in [-0.15, -0.1) is 0 Å². The van der Waals surface area contributed by atoms with Gasteiger partial charge < -0.3 is 9.47 Å². The largest absolute Gasteiger partial charge is 0.454 e. The Morgan fingerprint density at radius 3 is 1.26 bits per heavy atom. The van der Waals surface area contributed by atoms with Crippen molar-refractivity contribution >= 4 is 43.6 Å². The number of fused-ring (bicyclic) bond motifs is 6. The molecule has 0 atom stereocenters. The highest BCUT2D eigenvalue weighted by molar-refractivity contribution is 6.10. The highest BCUT2D eigenvalue weighted by Crippen LogP contribution is 2.39. The van der Waals surface area contributed by atoms with Gasteiger partial charge in [0.1, 0.15) is 34.8 Å². The molecule has 0 spiro atoms. The predicted octanol–water partition coefficient (Wildman–Crippen LogP) is 12.9. The first-order chi connectivity index (χ1) is 30.3. The van der Waals surface area contributed by atoms with Crippen molar-refractivity contribution in [2.45, 2.75) is 0 Å². The molecule has 62 heavy (non-hydrogen) atoms. The van der Waals surface area contributed by atoms with Crippen LogP contribution < -0.4 is 9.47 Å². The Hall–Kier alpha value is -8.38. The fourth-order valence-corrected chi connectivity index (χ4v) is 7.92. The fourth-order valence-electron chi connectivity index (χ4n) is 7.92. The second kappa shape index (κ2) is 14.7. The van der Waals surface area contributed by atoms with E-state index in [1.54, 1.807) is 97.6 Å². The van der Waals surface area contributed by atoms with Gasteiger partial charge in [0.25, 0.3) is 0 Å². The summed E-state index contributed by atoms with van der Waals surface area (Å²) in [4.78, 5) is 18.3. The van der Waals surface area contributed by atoms with Crippen LogP contribution in [0.2, 0.25) is 0 Å². The standard InChI is InChI=1S/C50H28F4N6O2/c51-31-13-15-43-35(21-31)37-23-39(53)47(25-45(37)59(43)49-11-1-3-17-55-49)61-33-9-5-7-29(19-33)41-27-58-42(28-57-41)30-8-6-10-34(20-30)62-48-26-46-38(24-40(48)54)36-22-32(52)14-16-44(36)60(46)50-12-2-4-18-56-50/h1-28H. The molecule has 5 heterocycles. The van der Waals surface area contributed by atoms with E-state index in [9.17, 15) is 8.78 Å². The van der Waals surface area contributed by atoms with Crippen molar-refractivity contribution in [3.05, 3.63) is 194 Å². The number of pyridine rings is 2. The highest BCUT2D eigenvalue weighted by Gasteiger charge is 2.20. The quantitative estimate of drug-likeness (QED) is 0.142. The lowest BCUT2D eigenvalue weighted by atomic mass is 10.1. The van der Waals surface area contributed by atoms with E-state index >= 15 is 8.78 Å². The molecule has 6 aromatic carbocycles. The molecule has 0 bridgehead atoms. The number of benzene rings is 6. The maximum Gasteiger partial charge on any atom is 0.166 e. The lowest BCUT2D eigenvalue weighted by molar-refractivity contribution is 0.443. The van der Waals surface area contributed by atoms with Gasteiger partial charge in [-0.3, -0.25) is 19.1 Å². The van der Waals surface area contributed by atoms with Crippen LogP contribution in [0.25, 0.3) is 77.8 Å². The zero-order valence-corrected chi connectivity index (χ0v) is 32.2. The first-order valence-corrected chi connectivity index (χ1v) is 19.4. The Morgan fingerprint density at radius 2 is 0.839 bits per heavy atom. The maximum atomic E-state index is 15.7. The van der Waals surface area contributed by atoms with Crippen LogP contribution in [-0.4, -0.2) is 29.1 Å². The number of ether oxygens (including phenoxy) is 2. The summed E-state index contributed by atoms with van der Waals surface area (Å²) in [7, 11) is 0. The minimum Gasteiger partial charge on any atom is -0.454 e. The molecule has 12 heteroatoms. The number of hydrogen-bond acceptors (Lipinski definition) is 6. The average Bonchev–Trinajstić information content (AvgIpc) is 3.77. The van der Waals surface area contributed by atoms with Crippen molar-refractivity contribution in [3.63, 3.8) is 0 Å². The minimum atomic E-state index is -0.616. The molecule has 0 unspecified atom stereocenters. The lowest BCUT2D eigenvalue weighted by Gasteiger charge is -2.11. The summed E-state index contributed by atoms with van der Waals surface area (Å²) in [5.74, 6) is -0.237. The fraction of sp³-hybridized carbons (Fsp3) is 0. The van der Waals surface area contributed by atoms with Gasteiger partial charge in [-0.1, -0.05) is 36.4 Å². The molecule has 8 nitrogen and oxygen atoms in total. The van der Waals surface area contributed by atoms with Crippen LogP contribution in [0.4, 0.5) is 17.6 Å². The Kier molecular flexibility index (Phi) is 8.70. The van der Waals surface area contributed by atoms with E-state index < -0.39 is 23.3 Å². The molecule has 0 saturated carbocycles. The van der Waals surface area contributed by atoms with Gasteiger partial charge in [-0.05, 0) is 97.1 Å². The molecule has 0 aliphatic heterocycles. The van der Waals surface area contributed by atoms with Crippen molar-refractivity contribution in [3.8, 4) is 57.1 Å². The van der Waals surface area contributed by atoms with Gasteiger partial charge in [-0.2, -0.15) is 0 Å². The van der Waals surface area contributed by atoms with Crippen molar-refractivity contribution in [1.82, 2.24) is 29.1 Å². The number of hydrogen-bond donors (Lipinski definition) is 0. The van der Waals surface area contributed by atoms with Crippen LogP contribution in [0.1, 0.15) is 0 Å². The second-order valence-electron chi connectivity index (χ2n) is 14.5. The number of halogens is 4. The number of nitrogens with zero attached hydrogens (tertiary/aromatic N) is 6. The zero-order valence-electron chi connectivity index (χ0n) is 32.2. The molecule has 0 N–H and O–H groups in total. The Morgan fingerprint density at radius 1 is 0.387 bits per heavy atom. The van der Waals surface area contributed by atoms with Gasteiger partial charge in [-0.25, -0.2) is 27.5 Å². The number of rotatable bonds is 8. The van der Waals surface area contributed by atoms with Gasteiger partial charge in [0.2, 0.25) is 0 Å². The summed E-state index contributed by atoms with van der Waals surface area (Å²) in [5, 5.41) is 2.13. The van der Waals surface area contributed by atoms with Crippen LogP contribution in [0, 0.1) is 23.3 Å². The highest BCUT2D eigenvalue weighted by atomic mass is 19.1. The molecule has 5 aromatic heterocycles. The third kappa shape index (κ3) is 6.41. The van der Waals surface area contributed by atoms with E-state index in [2.05, 4.69) is 19.9 Å². The molecule has 0 radical (unpaired) electrons. The Bertz CT molecular complexity index is 3290. The smallest absolute Gasteiger partial charge is 0.166 e. The minimum absolute atomic E-state index is 0.0237. The van der Waals surface area contributed by atoms with Crippen LogP contribution in [-0.2, 0) is 0 Å². The average molecular weight is 821 g/mol. The normalized spacial score (nSPS) is 11.5. The summed E-state index contributed by atoms with van der Waals surface area (Å²) in [6.45, 7) is 0. The third-order valence-electron chi connectivity index (χ3n) is 10.7. The maximum absolute atomic E-state index is 15.7. The monoisotopic (exact) mass is 820 g/mol. The SMILES string of the molecule is Fc1ccc2c(c1)c1cc(F)c(Oc3cccc(-c4cnc(-c5cccc(Oc6cc7c(cc6F)c6cc(F)ccc6n7-c6ccccn6)c5)cn4)c3)cc1n2-c1ccccn1. The van der Waals surface area contributed by atoms with Gasteiger partial charge in [0.05, 0.1) is 45.8 Å². The summed E-state index contributed by atoms with van der Waals surface area (Å²) in [6.07, 6.45) is 6.55. The van der Waals surface area contributed by atoms with E-state index in [1.807, 2.05) is 45.5 Å². The van der Waals surface area contributed by atoms with Crippen LogP contribution in [0.15, 0.2) is 170 Å². The van der Waals surface area contributed by atoms with Crippen molar-refractivity contribution < 1.29 is 27.0 Å². The topological polar surface area (TPSA) is 79.9 Å². The molecule has 0 amide bonds. The molecule has 0 fully saturated rings. The molecule has 0 aliphatic carbocycles. The summed E-state index contributed by atoms with van der Waals surface area (Å²) >= 11 is 0. The van der Waals surface area contributed by atoms with Gasteiger partial charge >= 0.3 is 0 Å². The number of aromatic nitrogens is 6. The van der Waals surface area contributed by atoms with Crippen molar-refractivity contribution in [2.75, 3.05) is 0 Å². The van der Waals surface area contributed by atoms with Crippen LogP contribution >= 0.6 is 0 Å². The predicted molar refractivity (Wildman–Crippen MR) is 230 cm³/mol. The van der Waals surface area contributed by atoms with Crippen molar-refractivity contribution in [2.24, 2.45) is 0 Å². The molecular weight excluding hydrogens is 793 g/mol. The molecule has 11 aromatic rings. The van der Waals surface area contributed by atoms with E-state index in [1.165, 1.54) is 36.4 Å². The third-order valence-corrected chi connectivity index (χ3v) is 10.7. The Balaban J connectivity index is 0.870. The van der Waals surface area contributed by atoms with Gasteiger partial charge in [0.15, 0.2) is 23.1 Å².